The number of nitrogens with one attached hydrogen (secondary N) is 1. The standard InChI is InChI=1S/C19H22N2O5S/c1-13-3-4-14(2)17(11-13)19(23)26-12-18(22)21-10-9-15-5-7-16(8-6-15)27(20,24)25/h3-8,11H,9-10,12H2,1-2H3,(H,21,22)(H2,20,24,25). The maximum atomic E-state index is 12.1. The minimum Gasteiger partial charge on any atom is -0.452 e. The lowest BCUT2D eigenvalue weighted by Crippen LogP contribution is -2.30. The molecule has 0 aromatic heterocycles. The first-order valence-electron chi connectivity index (χ1n) is 8.29. The highest BCUT2D eigenvalue weighted by Gasteiger charge is 2.13. The summed E-state index contributed by atoms with van der Waals surface area (Å²) in [5.41, 5.74) is 3.01. The number of nitrogens with two attached hydrogens (primary N) is 1. The molecule has 0 aliphatic heterocycles. The average molecular weight is 390 g/mol. The molecule has 3 N–H and O–H groups in total. The van der Waals surface area contributed by atoms with Crippen molar-refractivity contribution >= 4 is 21.9 Å². The molecule has 0 unspecified atom stereocenters. The van der Waals surface area contributed by atoms with Crippen molar-refractivity contribution in [2.24, 2.45) is 5.14 Å². The Morgan fingerprint density at radius 2 is 1.74 bits per heavy atom. The molecule has 2 aromatic rings. The lowest BCUT2D eigenvalue weighted by atomic mass is 10.1. The Kier molecular flexibility index (Phi) is 6.70. The number of benzene rings is 2. The number of carbonyl (C=O) groups is 2. The van der Waals surface area contributed by atoms with E-state index >= 15 is 0 Å². The smallest absolute Gasteiger partial charge is 0.338 e. The van der Waals surface area contributed by atoms with E-state index in [0.29, 0.717) is 18.5 Å². The largest absolute Gasteiger partial charge is 0.452 e. The fraction of sp³-hybridized carbons (Fsp3) is 0.263. The van der Waals surface area contributed by atoms with Gasteiger partial charge in [0.1, 0.15) is 0 Å². The first kappa shape index (κ1) is 20.6. The Morgan fingerprint density at radius 1 is 1.07 bits per heavy atom. The number of esters is 1. The van der Waals surface area contributed by atoms with Crippen LogP contribution in [0.25, 0.3) is 0 Å². The van der Waals surface area contributed by atoms with E-state index in [9.17, 15) is 18.0 Å². The molecule has 0 saturated carbocycles. The Bertz CT molecular complexity index is 937. The second-order valence-electron chi connectivity index (χ2n) is 6.18. The summed E-state index contributed by atoms with van der Waals surface area (Å²) in [6.07, 6.45) is 0.502. The molecule has 144 valence electrons. The zero-order valence-electron chi connectivity index (χ0n) is 15.2. The predicted octanol–water partition coefficient (Wildman–Crippen LogP) is 1.47. The molecule has 27 heavy (non-hydrogen) atoms. The highest BCUT2D eigenvalue weighted by molar-refractivity contribution is 7.89. The Balaban J connectivity index is 1.78. The second-order valence-corrected chi connectivity index (χ2v) is 7.74. The molecule has 0 radical (unpaired) electrons. The third-order valence-corrected chi connectivity index (χ3v) is 4.86. The van der Waals surface area contributed by atoms with Gasteiger partial charge in [-0.1, -0.05) is 29.8 Å². The SMILES string of the molecule is Cc1ccc(C)c(C(=O)OCC(=O)NCCc2ccc(S(N)(=O)=O)cc2)c1. The topological polar surface area (TPSA) is 116 Å². The highest BCUT2D eigenvalue weighted by Crippen LogP contribution is 2.12. The Hall–Kier alpha value is -2.71. The van der Waals surface area contributed by atoms with Crippen molar-refractivity contribution in [1.82, 2.24) is 5.32 Å². The van der Waals surface area contributed by atoms with Gasteiger partial charge in [0, 0.05) is 6.54 Å². The van der Waals surface area contributed by atoms with Crippen LogP contribution in [0, 0.1) is 13.8 Å². The van der Waals surface area contributed by atoms with Gasteiger partial charge in [0.25, 0.3) is 5.91 Å². The average Bonchev–Trinajstić information content (AvgIpc) is 2.61. The molecule has 0 fully saturated rings. The number of aryl methyl sites for hydroxylation is 2. The van der Waals surface area contributed by atoms with Gasteiger partial charge in [-0.25, -0.2) is 18.4 Å². The third-order valence-electron chi connectivity index (χ3n) is 3.94. The zero-order chi connectivity index (χ0) is 20.0. The van der Waals surface area contributed by atoms with Gasteiger partial charge in [0.2, 0.25) is 10.0 Å². The second kappa shape index (κ2) is 8.79. The van der Waals surface area contributed by atoms with E-state index in [-0.39, 0.29) is 11.5 Å². The van der Waals surface area contributed by atoms with Gasteiger partial charge in [-0.15, -0.1) is 0 Å². The van der Waals surface area contributed by atoms with E-state index in [1.165, 1.54) is 12.1 Å². The van der Waals surface area contributed by atoms with Crippen molar-refractivity contribution in [3.05, 3.63) is 64.7 Å². The van der Waals surface area contributed by atoms with E-state index < -0.39 is 21.9 Å². The molecule has 0 aliphatic carbocycles. The first-order valence-corrected chi connectivity index (χ1v) is 9.84. The maximum absolute atomic E-state index is 12.1. The monoisotopic (exact) mass is 390 g/mol. The van der Waals surface area contributed by atoms with E-state index in [2.05, 4.69) is 5.32 Å². The van der Waals surface area contributed by atoms with Crippen molar-refractivity contribution in [2.75, 3.05) is 13.2 Å². The van der Waals surface area contributed by atoms with Gasteiger partial charge < -0.3 is 10.1 Å². The predicted molar refractivity (Wildman–Crippen MR) is 101 cm³/mol. The number of hydrogen-bond donors (Lipinski definition) is 2. The van der Waals surface area contributed by atoms with Crippen molar-refractivity contribution in [3.63, 3.8) is 0 Å². The van der Waals surface area contributed by atoms with Gasteiger partial charge in [0.05, 0.1) is 10.5 Å². The van der Waals surface area contributed by atoms with E-state index in [1.807, 2.05) is 19.1 Å². The number of carbonyl (C=O) groups excluding carboxylic acids is 2. The summed E-state index contributed by atoms with van der Waals surface area (Å²) in [5.74, 6) is -0.945. The quantitative estimate of drug-likeness (QED) is 0.695. The highest BCUT2D eigenvalue weighted by atomic mass is 32.2. The van der Waals surface area contributed by atoms with Crippen LogP contribution >= 0.6 is 0 Å². The lowest BCUT2D eigenvalue weighted by Gasteiger charge is -2.09. The van der Waals surface area contributed by atoms with Crippen LogP contribution in [-0.2, 0) is 26.0 Å². The van der Waals surface area contributed by atoms with Crippen LogP contribution < -0.4 is 10.5 Å². The third kappa shape index (κ3) is 6.19. The molecule has 8 heteroatoms. The van der Waals surface area contributed by atoms with E-state index in [1.54, 1.807) is 25.1 Å². The van der Waals surface area contributed by atoms with Crippen LogP contribution in [0.5, 0.6) is 0 Å². The lowest BCUT2D eigenvalue weighted by molar-refractivity contribution is -0.124. The van der Waals surface area contributed by atoms with Crippen LogP contribution in [-0.4, -0.2) is 33.4 Å². The summed E-state index contributed by atoms with van der Waals surface area (Å²) in [7, 11) is -3.72. The molecular weight excluding hydrogens is 368 g/mol. The number of hydrogen-bond acceptors (Lipinski definition) is 5. The molecule has 0 atom stereocenters. The summed E-state index contributed by atoms with van der Waals surface area (Å²) < 4.78 is 27.4. The summed E-state index contributed by atoms with van der Waals surface area (Å²) in [5, 5.41) is 7.69. The van der Waals surface area contributed by atoms with Gasteiger partial charge in [-0.3, -0.25) is 4.79 Å². The molecule has 2 aromatic carbocycles. The number of primary sulfonamides is 1. The van der Waals surface area contributed by atoms with Crippen LogP contribution in [0.3, 0.4) is 0 Å². The fourth-order valence-corrected chi connectivity index (χ4v) is 2.92. The summed E-state index contributed by atoms with van der Waals surface area (Å²) in [6, 6.07) is 11.5. The Labute approximate surface area is 158 Å². The molecule has 0 aliphatic rings. The number of sulfonamides is 1. The van der Waals surface area contributed by atoms with Crippen molar-refractivity contribution in [1.29, 1.82) is 0 Å². The van der Waals surface area contributed by atoms with Gasteiger partial charge >= 0.3 is 5.97 Å². The first-order chi connectivity index (χ1) is 12.7. The van der Waals surface area contributed by atoms with Crippen LogP contribution in [0.2, 0.25) is 0 Å². The van der Waals surface area contributed by atoms with Crippen molar-refractivity contribution in [3.8, 4) is 0 Å². The number of amides is 1. The van der Waals surface area contributed by atoms with Crippen molar-refractivity contribution < 1.29 is 22.7 Å². The van der Waals surface area contributed by atoms with E-state index in [0.717, 1.165) is 16.7 Å². The molecular formula is C19H22N2O5S. The normalized spacial score (nSPS) is 11.1. The number of ether oxygens (including phenoxy) is 1. The fourth-order valence-electron chi connectivity index (χ4n) is 2.41. The maximum Gasteiger partial charge on any atom is 0.338 e. The molecule has 0 heterocycles. The molecule has 0 bridgehead atoms. The summed E-state index contributed by atoms with van der Waals surface area (Å²) in [6.45, 7) is 3.64. The van der Waals surface area contributed by atoms with E-state index in [4.69, 9.17) is 9.88 Å². The van der Waals surface area contributed by atoms with Gasteiger partial charge in [-0.05, 0) is 49.6 Å². The minimum atomic E-state index is -3.72. The van der Waals surface area contributed by atoms with Crippen LogP contribution in [0.4, 0.5) is 0 Å². The number of rotatable bonds is 7. The van der Waals surface area contributed by atoms with Gasteiger partial charge in [-0.2, -0.15) is 0 Å². The molecule has 0 saturated heterocycles. The Morgan fingerprint density at radius 3 is 2.37 bits per heavy atom. The molecule has 7 nitrogen and oxygen atoms in total. The summed E-state index contributed by atoms with van der Waals surface area (Å²) >= 11 is 0. The summed E-state index contributed by atoms with van der Waals surface area (Å²) in [4.78, 5) is 23.9. The van der Waals surface area contributed by atoms with Crippen molar-refractivity contribution in [2.45, 2.75) is 25.2 Å². The minimum absolute atomic E-state index is 0.0358. The van der Waals surface area contributed by atoms with Crippen LogP contribution in [0.1, 0.15) is 27.0 Å². The molecule has 2 rings (SSSR count). The zero-order valence-corrected chi connectivity index (χ0v) is 16.0. The van der Waals surface area contributed by atoms with Gasteiger partial charge in [0.15, 0.2) is 6.61 Å². The van der Waals surface area contributed by atoms with Crippen LogP contribution in [0.15, 0.2) is 47.4 Å². The molecule has 1 amide bonds. The molecule has 0 spiro atoms.